The topological polar surface area (TPSA) is 644 Å². The first kappa shape index (κ1) is 114. The smallest absolute Gasteiger partial charge is 0.394 e. The summed E-state index contributed by atoms with van der Waals surface area (Å²) in [4.78, 5) is 155. The SMILES string of the molecule is CC(=O)N[C@H]1[C@H](OCCCCC(=O)NCCCNC(=O)CCO[C@@H]2[C@@H](OCCC(=O)NCCCNC(=O)CCCCO[C@@H]3O[C@H](CO)[C@H](O)[C@H](O)[C@H]3NC(C)=O)CN(C(=O)CCCCCCCCCCC(=O)N3C[C@H](O)C[C@H]3COP(=O)(O)OC3CC=C3C)C/C=C\[C@H]2OCCC(=O)NCCCNC(=O)CCCCO[C@@H]2O[C@H](CO)[C@H](O)[C@H](O)[C@H]2NC(C)=O)O[C@H](CO)[C@H](O)[C@@H]1O. The molecule has 22 atom stereocenters. The van der Waals surface area contributed by atoms with E-state index in [2.05, 4.69) is 47.9 Å². The lowest BCUT2D eigenvalue weighted by atomic mass is 9.97. The molecular weight excluding hydrogens is 1760 g/mol. The number of hydrogen-bond acceptors (Lipinski definition) is 33. The van der Waals surface area contributed by atoms with Crippen molar-refractivity contribution in [1.82, 2.24) is 57.7 Å². The van der Waals surface area contributed by atoms with Crippen molar-refractivity contribution in [3.63, 3.8) is 0 Å². The van der Waals surface area contributed by atoms with Gasteiger partial charge in [0.2, 0.25) is 65.0 Å². The molecule has 6 rings (SSSR count). The van der Waals surface area contributed by atoms with Gasteiger partial charge < -0.3 is 156 Å². The van der Waals surface area contributed by atoms with Crippen LogP contribution in [0.25, 0.3) is 0 Å². The second-order valence-corrected chi connectivity index (χ2v) is 35.4. The lowest BCUT2D eigenvalue weighted by Gasteiger charge is -2.42. The maximum atomic E-state index is 14.3. The maximum Gasteiger partial charge on any atom is 0.472 e. The average Bonchev–Trinajstić information content (AvgIpc) is 1.66. The van der Waals surface area contributed by atoms with E-state index in [-0.39, 0.29) is 198 Å². The molecule has 45 nitrogen and oxygen atoms in total. The van der Waals surface area contributed by atoms with E-state index in [1.165, 1.54) is 25.7 Å². The number of carbonyl (C=O) groups is 11. The second-order valence-electron chi connectivity index (χ2n) is 34.0. The van der Waals surface area contributed by atoms with E-state index in [1.54, 1.807) is 24.0 Å². The number of likely N-dealkylation sites (tertiary alicyclic amines) is 1. The van der Waals surface area contributed by atoms with Gasteiger partial charge in [-0.2, -0.15) is 0 Å². The first-order valence-electron chi connectivity index (χ1n) is 46.5. The summed E-state index contributed by atoms with van der Waals surface area (Å²) in [5.41, 5.74) is 0.831. The van der Waals surface area contributed by atoms with Gasteiger partial charge in [0.15, 0.2) is 18.9 Å². The molecule has 0 radical (unpaired) electrons. The largest absolute Gasteiger partial charge is 0.472 e. The van der Waals surface area contributed by atoms with Gasteiger partial charge in [-0.05, 0) is 96.0 Å². The fraction of sp³-hybridized carbons (Fsp3) is 0.826. The minimum atomic E-state index is -4.39. The minimum Gasteiger partial charge on any atom is -0.394 e. The molecule has 20 N–H and O–H groups in total. The number of aliphatic hydroxyl groups is 10. The van der Waals surface area contributed by atoms with E-state index >= 15 is 0 Å². The van der Waals surface area contributed by atoms with Gasteiger partial charge in [0.25, 0.3) is 0 Å². The van der Waals surface area contributed by atoms with Crippen LogP contribution in [0.3, 0.4) is 0 Å². The Morgan fingerprint density at radius 1 is 0.432 bits per heavy atom. The van der Waals surface area contributed by atoms with Crippen molar-refractivity contribution in [2.24, 2.45) is 0 Å². The van der Waals surface area contributed by atoms with Crippen molar-refractivity contribution >= 4 is 72.8 Å². The Morgan fingerprint density at radius 2 is 0.795 bits per heavy atom. The van der Waals surface area contributed by atoms with Crippen LogP contribution in [-0.4, -0.2) is 384 Å². The first-order chi connectivity index (χ1) is 63.2. The van der Waals surface area contributed by atoms with Crippen LogP contribution < -0.4 is 47.9 Å². The van der Waals surface area contributed by atoms with Gasteiger partial charge in [-0.15, -0.1) is 0 Å². The Kier molecular flexibility index (Phi) is 54.0. The predicted octanol–water partition coefficient (Wildman–Crippen LogP) is -3.32. The molecule has 2 unspecified atom stereocenters. The van der Waals surface area contributed by atoms with Gasteiger partial charge in [-0.3, -0.25) is 61.8 Å². The van der Waals surface area contributed by atoms with E-state index in [0.717, 1.165) is 44.1 Å². The average molecular weight is 1910 g/mol. The van der Waals surface area contributed by atoms with Crippen LogP contribution in [0, 0.1) is 0 Å². The molecule has 0 spiro atoms. The summed E-state index contributed by atoms with van der Waals surface area (Å²) in [5.74, 6) is -3.87. The Labute approximate surface area is 770 Å². The molecule has 4 saturated heterocycles. The minimum absolute atomic E-state index is 0.0547. The van der Waals surface area contributed by atoms with Gasteiger partial charge in [0.05, 0.1) is 64.5 Å². The molecule has 0 saturated carbocycles. The summed E-state index contributed by atoms with van der Waals surface area (Å²) >= 11 is 0. The third-order valence-corrected chi connectivity index (χ3v) is 24.1. The number of phosphoric ester groups is 1. The number of phosphoric acid groups is 1. The molecule has 6 aliphatic rings. The van der Waals surface area contributed by atoms with Gasteiger partial charge in [0, 0.05) is 151 Å². The number of hydrogen-bond donors (Lipinski definition) is 20. The van der Waals surface area contributed by atoms with Crippen molar-refractivity contribution in [3.05, 3.63) is 23.8 Å². The predicted molar refractivity (Wildman–Crippen MR) is 468 cm³/mol. The monoisotopic (exact) mass is 1910 g/mol. The molecule has 756 valence electrons. The van der Waals surface area contributed by atoms with Gasteiger partial charge in [0.1, 0.15) is 91.4 Å². The van der Waals surface area contributed by atoms with Crippen molar-refractivity contribution in [2.75, 3.05) is 125 Å². The molecular formula is C86H148N11O34P. The molecule has 0 bridgehead atoms. The molecule has 132 heavy (non-hydrogen) atoms. The van der Waals surface area contributed by atoms with Gasteiger partial charge >= 0.3 is 7.82 Å². The zero-order valence-electron chi connectivity index (χ0n) is 76.5. The highest BCUT2D eigenvalue weighted by molar-refractivity contribution is 7.47. The first-order valence-corrected chi connectivity index (χ1v) is 48.0. The third kappa shape index (κ3) is 42.3. The van der Waals surface area contributed by atoms with Crippen LogP contribution in [0.4, 0.5) is 0 Å². The van der Waals surface area contributed by atoms with Crippen molar-refractivity contribution < 1.29 is 165 Å². The highest BCUT2D eigenvalue weighted by Crippen LogP contribution is 2.48. The van der Waals surface area contributed by atoms with E-state index in [0.29, 0.717) is 77.0 Å². The molecule has 0 aromatic rings. The second kappa shape index (κ2) is 62.7. The Bertz CT molecular complexity index is 3600. The van der Waals surface area contributed by atoms with Crippen LogP contribution in [-0.2, 0) is 109 Å². The van der Waals surface area contributed by atoms with Crippen LogP contribution in [0.15, 0.2) is 23.8 Å². The van der Waals surface area contributed by atoms with Crippen LogP contribution >= 0.6 is 7.82 Å². The van der Waals surface area contributed by atoms with Gasteiger partial charge in [-0.1, -0.05) is 56.8 Å². The number of ether oxygens (including phenoxy) is 9. The Hall–Kier alpha value is -7.00. The van der Waals surface area contributed by atoms with Crippen molar-refractivity contribution in [2.45, 2.75) is 330 Å². The number of nitrogens with one attached hydrogen (secondary N) is 9. The normalized spacial score (nSPS) is 27.8. The van der Waals surface area contributed by atoms with E-state index in [4.69, 9.17) is 51.7 Å². The number of β-amino-alcohol motifs (C(OH)–C–C–N with tert-alkyl or cyclic N) is 1. The number of unbranched alkanes of at least 4 members (excludes halogenated alkanes) is 10. The van der Waals surface area contributed by atoms with Crippen LogP contribution in [0.1, 0.15) is 201 Å². The molecule has 0 aromatic heterocycles. The Balaban J connectivity index is 1.01. The van der Waals surface area contributed by atoms with Crippen LogP contribution in [0.5, 0.6) is 0 Å². The Morgan fingerprint density at radius 3 is 1.17 bits per heavy atom. The van der Waals surface area contributed by atoms with E-state index in [9.17, 15) is 113 Å². The van der Waals surface area contributed by atoms with E-state index in [1.807, 2.05) is 6.08 Å². The number of aliphatic hydroxyl groups excluding tert-OH is 10. The van der Waals surface area contributed by atoms with Gasteiger partial charge in [-0.25, -0.2) is 4.57 Å². The zero-order valence-corrected chi connectivity index (χ0v) is 77.4. The summed E-state index contributed by atoms with van der Waals surface area (Å²) in [5, 5.41) is 126. The number of nitrogens with zero attached hydrogens (tertiary/aromatic N) is 2. The fourth-order valence-electron chi connectivity index (χ4n) is 15.6. The molecule has 11 amide bonds. The zero-order chi connectivity index (χ0) is 96.5. The fourth-order valence-corrected chi connectivity index (χ4v) is 16.6. The number of amides is 11. The molecule has 46 heteroatoms. The molecule has 4 fully saturated rings. The quantitative estimate of drug-likeness (QED) is 0.0161. The maximum absolute atomic E-state index is 14.3. The summed E-state index contributed by atoms with van der Waals surface area (Å²) in [7, 11) is -4.39. The lowest BCUT2D eigenvalue weighted by Crippen LogP contribution is -2.64. The lowest BCUT2D eigenvalue weighted by molar-refractivity contribution is -0.270. The van der Waals surface area contributed by atoms with Crippen LogP contribution in [0.2, 0.25) is 0 Å². The molecule has 1 aliphatic carbocycles. The van der Waals surface area contributed by atoms with Crippen molar-refractivity contribution in [3.8, 4) is 0 Å². The highest BCUT2D eigenvalue weighted by Gasteiger charge is 2.49. The summed E-state index contributed by atoms with van der Waals surface area (Å²) in [6, 6.07) is -3.91. The van der Waals surface area contributed by atoms with Crippen molar-refractivity contribution in [1.29, 1.82) is 0 Å². The standard InChI is InChI=1S/C86H148N11O34P/c1-54-29-30-60(54)131-132(119,120)127-53-58-47-59(104)48-97(58)73(112)28-12-10-8-6-5-7-9-11-27-72(111)96-40-19-23-61(121-44-31-69(108)90-37-20-34-87-66(105)24-13-16-41-124-84-74(93-55(2)101)80(116)77(113)63(50-98)128-84)83(123-46-33-71(110)92-39-22-36-89-68(107)26-15-18-43-126-86-76(95-57(4)103)82(118)79(115)65(52-100)130-86)62(49-96)122-45-32-70(109)91-38-21-35-88-67(106)25-14-17-42-125-85-75(94-56(3)102)81(117)78(114)64(51-99)129-85/h19,23,29,58-65,74-86,98-100,104,113-118H,5-18,20-22,24-28,30-53H2,1-4H3,(H,87,105)(H,88,106)(H,89,107)(H,90,108)(H,91,109)(H,92,110)(H,93,101)(H,94,102)(H,95,103)(H,119,120)/b23-19-/t58-,59+,60?,61+,62-,63+,64+,65+,74+,75+,76+,77-,78-,79-,80+,81+,82+,83-,84+,85+,86+/m0/s1. The summed E-state index contributed by atoms with van der Waals surface area (Å²) < 4.78 is 76.6. The highest BCUT2D eigenvalue weighted by atomic mass is 31.2. The summed E-state index contributed by atoms with van der Waals surface area (Å²) in [6.07, 6.45) is -4.30. The molecule has 5 heterocycles. The summed E-state index contributed by atoms with van der Waals surface area (Å²) in [6.45, 7) is 4.39. The van der Waals surface area contributed by atoms with E-state index < -0.39 is 186 Å². The molecule has 0 aromatic carbocycles. The number of rotatable bonds is 64. The third-order valence-electron chi connectivity index (χ3n) is 23.1. The molecule has 5 aliphatic heterocycles. The number of carbonyl (C=O) groups excluding carboxylic acids is 11.